The number of aliphatic hydroxyl groups excluding tert-OH is 1. The van der Waals surface area contributed by atoms with Crippen molar-refractivity contribution in [3.63, 3.8) is 0 Å². The van der Waals surface area contributed by atoms with E-state index in [0.717, 1.165) is 48.1 Å². The van der Waals surface area contributed by atoms with Crippen molar-refractivity contribution in [2.45, 2.75) is 39.7 Å². The van der Waals surface area contributed by atoms with Crippen molar-refractivity contribution >= 4 is 16.8 Å². The second-order valence-electron chi connectivity index (χ2n) is 6.51. The molecular formula is C18H24N2O2. The quantitative estimate of drug-likeness (QED) is 0.895. The molecular weight excluding hydrogens is 276 g/mol. The van der Waals surface area contributed by atoms with Crippen LogP contribution < -0.4 is 0 Å². The van der Waals surface area contributed by atoms with Gasteiger partial charge in [0.1, 0.15) is 0 Å². The van der Waals surface area contributed by atoms with Gasteiger partial charge in [-0.2, -0.15) is 0 Å². The van der Waals surface area contributed by atoms with Crippen LogP contribution >= 0.6 is 0 Å². The van der Waals surface area contributed by atoms with Crippen molar-refractivity contribution < 1.29 is 9.90 Å². The largest absolute Gasteiger partial charge is 0.393 e. The number of aromatic amines is 1. The molecule has 22 heavy (non-hydrogen) atoms. The van der Waals surface area contributed by atoms with Crippen molar-refractivity contribution in [1.29, 1.82) is 0 Å². The molecule has 1 aromatic heterocycles. The highest BCUT2D eigenvalue weighted by Gasteiger charge is 2.26. The molecule has 2 N–H and O–H groups in total. The van der Waals surface area contributed by atoms with Crippen LogP contribution in [-0.4, -0.2) is 40.1 Å². The number of benzene rings is 1. The van der Waals surface area contributed by atoms with E-state index in [4.69, 9.17) is 0 Å². The van der Waals surface area contributed by atoms with Crippen molar-refractivity contribution in [1.82, 2.24) is 9.88 Å². The highest BCUT2D eigenvalue weighted by atomic mass is 16.3. The molecule has 1 fully saturated rings. The Labute approximate surface area is 131 Å². The number of rotatable bonds is 2. The second kappa shape index (κ2) is 5.76. The van der Waals surface area contributed by atoms with E-state index in [-0.39, 0.29) is 12.0 Å². The van der Waals surface area contributed by atoms with Crippen LogP contribution in [0.3, 0.4) is 0 Å². The maximum Gasteiger partial charge on any atom is 0.253 e. The van der Waals surface area contributed by atoms with E-state index in [1.807, 2.05) is 30.0 Å². The minimum atomic E-state index is -0.279. The summed E-state index contributed by atoms with van der Waals surface area (Å²) in [6, 6.07) is 5.89. The summed E-state index contributed by atoms with van der Waals surface area (Å²) in [4.78, 5) is 17.9. The van der Waals surface area contributed by atoms with Crippen molar-refractivity contribution in [2.24, 2.45) is 5.92 Å². The number of fused-ring (bicyclic) bond motifs is 1. The molecule has 4 nitrogen and oxygen atoms in total. The Morgan fingerprint density at radius 3 is 2.64 bits per heavy atom. The fraction of sp³-hybridized carbons (Fsp3) is 0.500. The summed E-state index contributed by atoms with van der Waals surface area (Å²) in [6.45, 7) is 7.44. The molecule has 0 saturated carbocycles. The van der Waals surface area contributed by atoms with Crippen molar-refractivity contribution in [3.8, 4) is 0 Å². The molecule has 1 atom stereocenters. The standard InChI is InChI=1S/C18H24N2O2/c1-11-12(2)19-17-5-4-15(10-16(11)17)18(22)20-8-6-14(7-9-20)13(3)21/h4-5,10,13-14,19,21H,6-9H2,1-3H3. The van der Waals surface area contributed by atoms with Gasteiger partial charge in [-0.25, -0.2) is 0 Å². The van der Waals surface area contributed by atoms with E-state index in [1.54, 1.807) is 0 Å². The minimum Gasteiger partial charge on any atom is -0.393 e. The molecule has 3 rings (SSSR count). The van der Waals surface area contributed by atoms with Gasteiger partial charge in [-0.15, -0.1) is 0 Å². The van der Waals surface area contributed by atoms with Gasteiger partial charge in [0.2, 0.25) is 0 Å². The number of carbonyl (C=O) groups excluding carboxylic acids is 1. The molecule has 0 aliphatic carbocycles. The molecule has 0 radical (unpaired) electrons. The Hall–Kier alpha value is -1.81. The average molecular weight is 300 g/mol. The maximum absolute atomic E-state index is 12.7. The molecule has 1 amide bonds. The first kappa shape index (κ1) is 15.1. The fourth-order valence-corrected chi connectivity index (χ4v) is 3.36. The van der Waals surface area contributed by atoms with Crippen LogP contribution in [0.5, 0.6) is 0 Å². The van der Waals surface area contributed by atoms with Crippen molar-refractivity contribution in [2.75, 3.05) is 13.1 Å². The zero-order valence-electron chi connectivity index (χ0n) is 13.5. The van der Waals surface area contributed by atoms with Gasteiger partial charge in [-0.05, 0) is 63.3 Å². The van der Waals surface area contributed by atoms with E-state index in [0.29, 0.717) is 5.92 Å². The number of H-pyrrole nitrogens is 1. The Bertz CT molecular complexity index is 694. The minimum absolute atomic E-state index is 0.101. The lowest BCUT2D eigenvalue weighted by Crippen LogP contribution is -2.40. The van der Waals surface area contributed by atoms with E-state index in [2.05, 4.69) is 18.8 Å². The van der Waals surface area contributed by atoms with Crippen LogP contribution in [0.15, 0.2) is 18.2 Å². The molecule has 0 spiro atoms. The SMILES string of the molecule is Cc1[nH]c2ccc(C(=O)N3CCC(C(C)O)CC3)cc2c1C. The predicted octanol–water partition coefficient (Wildman–Crippen LogP) is 3.02. The smallest absolute Gasteiger partial charge is 0.253 e. The van der Waals surface area contributed by atoms with Gasteiger partial charge in [0, 0.05) is 35.2 Å². The van der Waals surface area contributed by atoms with Crippen LogP contribution in [0.4, 0.5) is 0 Å². The highest BCUT2D eigenvalue weighted by Crippen LogP contribution is 2.25. The van der Waals surface area contributed by atoms with Gasteiger partial charge in [0.25, 0.3) is 5.91 Å². The Morgan fingerprint density at radius 1 is 1.32 bits per heavy atom. The number of hydrogen-bond donors (Lipinski definition) is 2. The lowest BCUT2D eigenvalue weighted by atomic mass is 9.92. The zero-order chi connectivity index (χ0) is 15.9. The van der Waals surface area contributed by atoms with Gasteiger partial charge < -0.3 is 15.0 Å². The molecule has 1 aromatic carbocycles. The van der Waals surface area contributed by atoms with Gasteiger partial charge in [0.15, 0.2) is 0 Å². The van der Waals surface area contributed by atoms with E-state index in [1.165, 1.54) is 5.56 Å². The summed E-state index contributed by atoms with van der Waals surface area (Å²) >= 11 is 0. The first-order chi connectivity index (χ1) is 10.5. The Kier molecular flexibility index (Phi) is 3.96. The number of hydrogen-bond acceptors (Lipinski definition) is 2. The number of nitrogens with zero attached hydrogens (tertiary/aromatic N) is 1. The van der Waals surface area contributed by atoms with Crippen LogP contribution in [0.2, 0.25) is 0 Å². The third-order valence-corrected chi connectivity index (χ3v) is 5.06. The lowest BCUT2D eigenvalue weighted by molar-refractivity contribution is 0.0521. The van der Waals surface area contributed by atoms with Gasteiger partial charge in [0.05, 0.1) is 6.10 Å². The molecule has 1 aliphatic heterocycles. The number of aryl methyl sites for hydroxylation is 2. The number of aromatic nitrogens is 1. The van der Waals surface area contributed by atoms with E-state index >= 15 is 0 Å². The monoisotopic (exact) mass is 300 g/mol. The molecule has 1 saturated heterocycles. The first-order valence-electron chi connectivity index (χ1n) is 8.03. The summed E-state index contributed by atoms with van der Waals surface area (Å²) in [5.74, 6) is 0.422. The molecule has 2 heterocycles. The summed E-state index contributed by atoms with van der Waals surface area (Å²) in [5, 5.41) is 10.8. The topological polar surface area (TPSA) is 56.3 Å². The second-order valence-corrected chi connectivity index (χ2v) is 6.51. The number of nitrogens with one attached hydrogen (secondary N) is 1. The van der Waals surface area contributed by atoms with Gasteiger partial charge in [-0.3, -0.25) is 4.79 Å². The zero-order valence-corrected chi connectivity index (χ0v) is 13.5. The van der Waals surface area contributed by atoms with Gasteiger partial charge >= 0.3 is 0 Å². The third-order valence-electron chi connectivity index (χ3n) is 5.06. The molecule has 2 aromatic rings. The van der Waals surface area contributed by atoms with Crippen LogP contribution in [0.1, 0.15) is 41.4 Å². The maximum atomic E-state index is 12.7. The number of likely N-dealkylation sites (tertiary alicyclic amines) is 1. The van der Waals surface area contributed by atoms with Crippen molar-refractivity contribution in [3.05, 3.63) is 35.0 Å². The van der Waals surface area contributed by atoms with E-state index < -0.39 is 0 Å². The fourth-order valence-electron chi connectivity index (χ4n) is 3.36. The summed E-state index contributed by atoms with van der Waals surface area (Å²) in [7, 11) is 0. The van der Waals surface area contributed by atoms with Gasteiger partial charge in [-0.1, -0.05) is 0 Å². The normalized spacial score (nSPS) is 17.9. The molecule has 1 unspecified atom stereocenters. The molecule has 0 bridgehead atoms. The third kappa shape index (κ3) is 2.63. The summed E-state index contributed by atoms with van der Waals surface area (Å²) in [6.07, 6.45) is 1.49. The summed E-state index contributed by atoms with van der Waals surface area (Å²) in [5.41, 5.74) is 4.19. The number of carbonyl (C=O) groups is 1. The molecule has 118 valence electrons. The number of amides is 1. The van der Waals surface area contributed by atoms with Crippen LogP contribution in [0, 0.1) is 19.8 Å². The average Bonchev–Trinajstić information content (AvgIpc) is 2.81. The Morgan fingerprint density at radius 2 is 2.00 bits per heavy atom. The molecule has 4 heteroatoms. The predicted molar refractivity (Wildman–Crippen MR) is 88.1 cm³/mol. The number of piperidine rings is 1. The highest BCUT2D eigenvalue weighted by molar-refractivity contribution is 5.99. The lowest BCUT2D eigenvalue weighted by Gasteiger charge is -2.33. The molecule has 1 aliphatic rings. The van der Waals surface area contributed by atoms with E-state index in [9.17, 15) is 9.90 Å². The first-order valence-corrected chi connectivity index (χ1v) is 8.03. The van der Waals surface area contributed by atoms with Crippen LogP contribution in [0.25, 0.3) is 10.9 Å². The number of aliphatic hydroxyl groups is 1. The van der Waals surface area contributed by atoms with Crippen LogP contribution in [-0.2, 0) is 0 Å². The summed E-state index contributed by atoms with van der Waals surface area (Å²) < 4.78 is 0. The Balaban J connectivity index is 1.79.